The maximum Gasteiger partial charge on any atom is 0.269 e. The summed E-state index contributed by atoms with van der Waals surface area (Å²) in [5.41, 5.74) is 1.97. The predicted molar refractivity (Wildman–Crippen MR) is 86.5 cm³/mol. The highest BCUT2D eigenvalue weighted by Crippen LogP contribution is 2.21. The molecule has 0 bridgehead atoms. The van der Waals surface area contributed by atoms with Crippen LogP contribution in [0.15, 0.2) is 42.5 Å². The molecule has 0 unspecified atom stereocenters. The molecule has 0 heterocycles. The monoisotopic (exact) mass is 320 g/mol. The minimum absolute atomic E-state index is 0.0522. The molecule has 0 saturated heterocycles. The highest BCUT2D eigenvalue weighted by atomic mass is 35.5. The fourth-order valence-electron chi connectivity index (χ4n) is 2.06. The largest absolute Gasteiger partial charge is 0.497 e. The summed E-state index contributed by atoms with van der Waals surface area (Å²) in [6.45, 7) is 1.25. The zero-order valence-electron chi connectivity index (χ0n) is 12.2. The van der Waals surface area contributed by atoms with Crippen LogP contribution < -0.4 is 10.1 Å². The number of hydrogen-bond acceptors (Lipinski definition) is 4. The van der Waals surface area contributed by atoms with Gasteiger partial charge in [-0.05, 0) is 42.3 Å². The van der Waals surface area contributed by atoms with Crippen LogP contribution in [0.25, 0.3) is 0 Å². The van der Waals surface area contributed by atoms with Crippen molar-refractivity contribution < 1.29 is 9.66 Å². The summed E-state index contributed by atoms with van der Waals surface area (Å²) in [6, 6.07) is 12.3. The van der Waals surface area contributed by atoms with Crippen LogP contribution in [0.5, 0.6) is 5.75 Å². The Balaban J connectivity index is 1.85. The first-order chi connectivity index (χ1) is 10.6. The molecule has 0 spiro atoms. The van der Waals surface area contributed by atoms with Crippen LogP contribution in [-0.4, -0.2) is 18.6 Å². The van der Waals surface area contributed by atoms with Gasteiger partial charge in [-0.15, -0.1) is 0 Å². The van der Waals surface area contributed by atoms with Crippen molar-refractivity contribution in [3.63, 3.8) is 0 Å². The Morgan fingerprint density at radius 2 is 1.95 bits per heavy atom. The van der Waals surface area contributed by atoms with Crippen molar-refractivity contribution in [2.75, 3.05) is 13.7 Å². The second-order valence-corrected chi connectivity index (χ2v) is 5.21. The van der Waals surface area contributed by atoms with Crippen LogP contribution in [-0.2, 0) is 13.0 Å². The third-order valence-corrected chi connectivity index (χ3v) is 3.67. The Morgan fingerprint density at radius 3 is 2.59 bits per heavy atom. The van der Waals surface area contributed by atoms with Gasteiger partial charge < -0.3 is 10.1 Å². The molecular formula is C16H17ClN2O3. The van der Waals surface area contributed by atoms with Crippen molar-refractivity contribution >= 4 is 17.3 Å². The first-order valence-electron chi connectivity index (χ1n) is 6.86. The third-order valence-electron chi connectivity index (χ3n) is 3.31. The molecule has 2 aromatic rings. The van der Waals surface area contributed by atoms with Crippen LogP contribution in [0.4, 0.5) is 5.69 Å². The van der Waals surface area contributed by atoms with Gasteiger partial charge in [0.05, 0.1) is 12.0 Å². The number of rotatable bonds is 7. The second-order valence-electron chi connectivity index (χ2n) is 4.81. The molecule has 0 aliphatic carbocycles. The van der Waals surface area contributed by atoms with E-state index >= 15 is 0 Å². The number of benzene rings is 2. The van der Waals surface area contributed by atoms with Crippen molar-refractivity contribution in [3.8, 4) is 5.75 Å². The number of nitro groups is 1. The third kappa shape index (κ3) is 4.44. The normalized spacial score (nSPS) is 10.5. The Morgan fingerprint density at radius 1 is 1.23 bits per heavy atom. The highest BCUT2D eigenvalue weighted by molar-refractivity contribution is 6.31. The van der Waals surface area contributed by atoms with Crippen LogP contribution in [0.3, 0.4) is 0 Å². The van der Waals surface area contributed by atoms with Crippen molar-refractivity contribution in [2.45, 2.75) is 13.0 Å². The Labute approximate surface area is 134 Å². The van der Waals surface area contributed by atoms with E-state index in [1.807, 2.05) is 24.3 Å². The molecule has 1 N–H and O–H groups in total. The van der Waals surface area contributed by atoms with Gasteiger partial charge in [-0.25, -0.2) is 0 Å². The maximum atomic E-state index is 10.8. The Hall–Kier alpha value is -2.11. The molecule has 22 heavy (non-hydrogen) atoms. The quantitative estimate of drug-likeness (QED) is 0.481. The summed E-state index contributed by atoms with van der Waals surface area (Å²) >= 11 is 6.05. The number of nitrogens with zero attached hydrogens (tertiary/aromatic N) is 1. The van der Waals surface area contributed by atoms with Gasteiger partial charge in [0.15, 0.2) is 0 Å². The van der Waals surface area contributed by atoms with Gasteiger partial charge >= 0.3 is 0 Å². The van der Waals surface area contributed by atoms with E-state index in [9.17, 15) is 10.1 Å². The Bertz CT molecular complexity index is 644. The zero-order valence-corrected chi connectivity index (χ0v) is 13.0. The predicted octanol–water partition coefficient (Wildman–Crippen LogP) is 3.59. The van der Waals surface area contributed by atoms with E-state index in [0.29, 0.717) is 11.6 Å². The zero-order chi connectivity index (χ0) is 15.9. The number of halogens is 1. The van der Waals surface area contributed by atoms with E-state index in [1.54, 1.807) is 13.2 Å². The van der Waals surface area contributed by atoms with Crippen LogP contribution in [0.2, 0.25) is 5.02 Å². The first-order valence-corrected chi connectivity index (χ1v) is 7.24. The van der Waals surface area contributed by atoms with E-state index < -0.39 is 4.92 Å². The van der Waals surface area contributed by atoms with Gasteiger partial charge in [-0.1, -0.05) is 23.7 Å². The van der Waals surface area contributed by atoms with Crippen molar-refractivity contribution in [1.29, 1.82) is 0 Å². The Kier molecular flexibility index (Phi) is 5.75. The lowest BCUT2D eigenvalue weighted by Gasteiger charge is -2.07. The second kappa shape index (κ2) is 7.77. The molecule has 2 rings (SSSR count). The van der Waals surface area contributed by atoms with Gasteiger partial charge in [0.2, 0.25) is 0 Å². The van der Waals surface area contributed by atoms with Gasteiger partial charge in [0.1, 0.15) is 5.75 Å². The average molecular weight is 321 g/mol. The summed E-state index contributed by atoms with van der Waals surface area (Å²) < 4.78 is 5.11. The standard InChI is InChI=1S/C16H17ClN2O3/c1-22-15-5-2-12(3-6-15)8-9-18-11-13-10-14(19(20)21)4-7-16(13)17/h2-7,10,18H,8-9,11H2,1H3. The molecule has 5 nitrogen and oxygen atoms in total. The molecule has 0 radical (unpaired) electrons. The minimum atomic E-state index is -0.419. The average Bonchev–Trinajstić information content (AvgIpc) is 2.53. The van der Waals surface area contributed by atoms with E-state index in [-0.39, 0.29) is 5.69 Å². The number of ether oxygens (including phenoxy) is 1. The molecule has 0 aliphatic heterocycles. The number of hydrogen-bond donors (Lipinski definition) is 1. The lowest BCUT2D eigenvalue weighted by atomic mass is 10.1. The minimum Gasteiger partial charge on any atom is -0.497 e. The van der Waals surface area contributed by atoms with Crippen molar-refractivity contribution in [1.82, 2.24) is 5.32 Å². The fraction of sp³-hybridized carbons (Fsp3) is 0.250. The SMILES string of the molecule is COc1ccc(CCNCc2cc([N+](=O)[O-])ccc2Cl)cc1. The molecule has 0 fully saturated rings. The van der Waals surface area contributed by atoms with Crippen molar-refractivity contribution in [3.05, 3.63) is 68.7 Å². The van der Waals surface area contributed by atoms with E-state index in [1.165, 1.54) is 17.7 Å². The summed E-state index contributed by atoms with van der Waals surface area (Å²) in [4.78, 5) is 10.3. The molecular weight excluding hydrogens is 304 g/mol. The van der Waals surface area contributed by atoms with Gasteiger partial charge in [0, 0.05) is 23.7 Å². The van der Waals surface area contributed by atoms with E-state index in [0.717, 1.165) is 24.3 Å². The number of methoxy groups -OCH3 is 1. The molecule has 6 heteroatoms. The van der Waals surface area contributed by atoms with Gasteiger partial charge in [0.25, 0.3) is 5.69 Å². The van der Waals surface area contributed by atoms with Crippen LogP contribution >= 0.6 is 11.6 Å². The van der Waals surface area contributed by atoms with Gasteiger partial charge in [-0.3, -0.25) is 10.1 Å². The molecule has 116 valence electrons. The molecule has 2 aromatic carbocycles. The van der Waals surface area contributed by atoms with E-state index in [2.05, 4.69) is 5.32 Å². The lowest BCUT2D eigenvalue weighted by molar-refractivity contribution is -0.384. The van der Waals surface area contributed by atoms with Gasteiger partial charge in [-0.2, -0.15) is 0 Å². The van der Waals surface area contributed by atoms with Crippen molar-refractivity contribution in [2.24, 2.45) is 0 Å². The molecule has 0 aromatic heterocycles. The summed E-state index contributed by atoms with van der Waals surface area (Å²) in [5, 5.41) is 14.5. The smallest absolute Gasteiger partial charge is 0.269 e. The van der Waals surface area contributed by atoms with Crippen LogP contribution in [0, 0.1) is 10.1 Å². The summed E-state index contributed by atoms with van der Waals surface area (Å²) in [7, 11) is 1.64. The van der Waals surface area contributed by atoms with Crippen LogP contribution in [0.1, 0.15) is 11.1 Å². The number of nitro benzene ring substituents is 1. The number of nitrogens with one attached hydrogen (secondary N) is 1. The summed E-state index contributed by atoms with van der Waals surface area (Å²) in [6.07, 6.45) is 0.858. The lowest BCUT2D eigenvalue weighted by Crippen LogP contribution is -2.17. The molecule has 0 atom stereocenters. The molecule has 0 saturated carbocycles. The topological polar surface area (TPSA) is 64.4 Å². The fourth-order valence-corrected chi connectivity index (χ4v) is 2.24. The molecule has 0 aliphatic rings. The first kappa shape index (κ1) is 16.3. The number of non-ortho nitro benzene ring substituents is 1. The maximum absolute atomic E-state index is 10.8. The highest BCUT2D eigenvalue weighted by Gasteiger charge is 2.09. The summed E-state index contributed by atoms with van der Waals surface area (Å²) in [5.74, 6) is 0.833. The van der Waals surface area contributed by atoms with E-state index in [4.69, 9.17) is 16.3 Å². The molecule has 0 amide bonds.